The Labute approximate surface area is 118 Å². The van der Waals surface area contributed by atoms with E-state index in [1.165, 1.54) is 12.1 Å². The molecule has 0 saturated heterocycles. The van der Waals surface area contributed by atoms with Gasteiger partial charge in [0.05, 0.1) is 4.92 Å². The van der Waals surface area contributed by atoms with Gasteiger partial charge in [0.25, 0.3) is 5.19 Å². The van der Waals surface area contributed by atoms with Crippen LogP contribution in [-0.4, -0.2) is 21.0 Å². The fraction of sp³-hybridized carbons (Fsp3) is 0. The Morgan fingerprint density at radius 3 is 2.84 bits per heavy atom. The summed E-state index contributed by atoms with van der Waals surface area (Å²) in [6, 6.07) is 4.42. The molecular weight excluding hydrogens is 340 g/mol. The van der Waals surface area contributed by atoms with Crippen LogP contribution in [0, 0.1) is 10.1 Å². The monoisotopic (exact) mass is 344 g/mol. The Morgan fingerprint density at radius 2 is 2.26 bits per heavy atom. The third-order valence-corrected chi connectivity index (χ3v) is 3.34. The fourth-order valence-electron chi connectivity index (χ4n) is 1.23. The first kappa shape index (κ1) is 13.4. The van der Waals surface area contributed by atoms with Crippen molar-refractivity contribution in [3.8, 4) is 10.9 Å². The third kappa shape index (κ3) is 3.06. The van der Waals surface area contributed by atoms with E-state index < -0.39 is 10.9 Å². The molecule has 1 aromatic heterocycles. The summed E-state index contributed by atoms with van der Waals surface area (Å²) in [4.78, 5) is 24.7. The highest BCUT2D eigenvalue weighted by molar-refractivity contribution is 9.10. The van der Waals surface area contributed by atoms with Crippen molar-refractivity contribution in [2.24, 2.45) is 0 Å². The van der Waals surface area contributed by atoms with Crippen molar-refractivity contribution in [1.82, 2.24) is 4.98 Å². The molecule has 0 saturated carbocycles. The second-order valence-corrected chi connectivity index (χ2v) is 5.16. The van der Waals surface area contributed by atoms with Crippen LogP contribution in [0.25, 0.3) is 0 Å². The topological polar surface area (TPSA) is 103 Å². The van der Waals surface area contributed by atoms with Crippen LogP contribution in [0.5, 0.6) is 10.9 Å². The van der Waals surface area contributed by atoms with Gasteiger partial charge in [-0.25, -0.2) is 9.78 Å². The average Bonchev–Trinajstić information content (AvgIpc) is 2.80. The van der Waals surface area contributed by atoms with Gasteiger partial charge in [0.2, 0.25) is 0 Å². The molecule has 0 aliphatic heterocycles. The van der Waals surface area contributed by atoms with Crippen molar-refractivity contribution in [2.75, 3.05) is 0 Å². The molecule has 0 aliphatic carbocycles. The minimum absolute atomic E-state index is 0.0107. The van der Waals surface area contributed by atoms with Gasteiger partial charge in [-0.05, 0) is 29.5 Å². The van der Waals surface area contributed by atoms with Crippen LogP contribution < -0.4 is 4.74 Å². The molecule has 0 atom stereocenters. The van der Waals surface area contributed by atoms with Gasteiger partial charge in [0, 0.05) is 4.47 Å². The van der Waals surface area contributed by atoms with Crippen molar-refractivity contribution in [3.63, 3.8) is 0 Å². The number of hydrogen-bond acceptors (Lipinski definition) is 6. The van der Waals surface area contributed by atoms with Crippen LogP contribution >= 0.6 is 27.3 Å². The predicted octanol–water partition coefficient (Wildman–Crippen LogP) is 3.30. The summed E-state index contributed by atoms with van der Waals surface area (Å²) in [6.45, 7) is 0. The fourth-order valence-corrected chi connectivity index (χ4v) is 2.19. The molecule has 19 heavy (non-hydrogen) atoms. The lowest BCUT2D eigenvalue weighted by Crippen LogP contribution is -1.99. The van der Waals surface area contributed by atoms with Crippen LogP contribution in [0.15, 0.2) is 28.9 Å². The molecular formula is C10H5BrN2O5S. The summed E-state index contributed by atoms with van der Waals surface area (Å²) in [6.07, 6.45) is 1.05. The molecule has 0 unspecified atom stereocenters. The molecule has 98 valence electrons. The second-order valence-electron chi connectivity index (χ2n) is 3.27. The van der Waals surface area contributed by atoms with Gasteiger partial charge in [-0.1, -0.05) is 15.9 Å². The molecule has 9 heteroatoms. The summed E-state index contributed by atoms with van der Waals surface area (Å²) < 4.78 is 5.84. The number of nitrogens with zero attached hydrogens (tertiary/aromatic N) is 2. The highest BCUT2D eigenvalue weighted by atomic mass is 79.9. The first-order valence-corrected chi connectivity index (χ1v) is 6.39. The van der Waals surface area contributed by atoms with E-state index in [-0.39, 0.29) is 21.5 Å². The molecule has 7 nitrogen and oxygen atoms in total. The lowest BCUT2D eigenvalue weighted by atomic mass is 10.2. The Bertz CT molecular complexity index is 657. The zero-order valence-corrected chi connectivity index (χ0v) is 11.5. The Kier molecular flexibility index (Phi) is 3.76. The van der Waals surface area contributed by atoms with Gasteiger partial charge in [0.1, 0.15) is 17.5 Å². The first-order chi connectivity index (χ1) is 8.97. The van der Waals surface area contributed by atoms with E-state index >= 15 is 0 Å². The van der Waals surface area contributed by atoms with Crippen LogP contribution in [0.1, 0.15) is 10.4 Å². The number of rotatable bonds is 4. The Balaban J connectivity index is 2.32. The van der Waals surface area contributed by atoms with Crippen LogP contribution in [0.3, 0.4) is 0 Å². The SMILES string of the molecule is O=C(O)c1cc(Br)ccc1Oc1ncc([N+](=O)[O-])s1. The molecule has 0 bridgehead atoms. The average molecular weight is 345 g/mol. The molecule has 2 aromatic rings. The number of carboxylic acids is 1. The number of thiazole rings is 1. The highest BCUT2D eigenvalue weighted by Gasteiger charge is 2.17. The lowest BCUT2D eigenvalue weighted by molar-refractivity contribution is -0.380. The van der Waals surface area contributed by atoms with Gasteiger partial charge in [-0.2, -0.15) is 0 Å². The van der Waals surface area contributed by atoms with E-state index in [9.17, 15) is 14.9 Å². The van der Waals surface area contributed by atoms with Gasteiger partial charge in [-0.3, -0.25) is 10.1 Å². The quantitative estimate of drug-likeness (QED) is 0.674. The first-order valence-electron chi connectivity index (χ1n) is 4.78. The van der Waals surface area contributed by atoms with Gasteiger partial charge in [0.15, 0.2) is 0 Å². The number of carbonyl (C=O) groups is 1. The molecule has 0 spiro atoms. The third-order valence-electron chi connectivity index (χ3n) is 2.02. The Hall–Kier alpha value is -2.00. The molecule has 1 N–H and O–H groups in total. The lowest BCUT2D eigenvalue weighted by Gasteiger charge is -2.05. The predicted molar refractivity (Wildman–Crippen MR) is 69.9 cm³/mol. The number of aromatic nitrogens is 1. The van der Waals surface area contributed by atoms with Gasteiger partial charge < -0.3 is 9.84 Å². The molecule has 0 amide bonds. The normalized spacial score (nSPS) is 10.2. The van der Waals surface area contributed by atoms with Crippen molar-refractivity contribution in [2.45, 2.75) is 0 Å². The number of nitro groups is 1. The smallest absolute Gasteiger partial charge is 0.347 e. The maximum absolute atomic E-state index is 11.1. The van der Waals surface area contributed by atoms with E-state index in [4.69, 9.17) is 9.84 Å². The summed E-state index contributed by atoms with van der Waals surface area (Å²) in [5, 5.41) is 19.4. The second kappa shape index (κ2) is 5.33. The molecule has 1 aromatic carbocycles. The largest absolute Gasteiger partial charge is 0.478 e. The molecule has 2 rings (SSSR count). The number of halogens is 1. The maximum Gasteiger partial charge on any atom is 0.347 e. The maximum atomic E-state index is 11.1. The summed E-state index contributed by atoms with van der Waals surface area (Å²) in [5.41, 5.74) is -0.0628. The molecule has 0 fully saturated rings. The molecule has 0 aliphatic rings. The highest BCUT2D eigenvalue weighted by Crippen LogP contribution is 2.33. The number of hydrogen-bond donors (Lipinski definition) is 1. The van der Waals surface area contributed by atoms with E-state index in [0.29, 0.717) is 4.47 Å². The minimum atomic E-state index is -1.16. The van der Waals surface area contributed by atoms with Crippen LogP contribution in [0.2, 0.25) is 0 Å². The number of benzene rings is 1. The Morgan fingerprint density at radius 1 is 1.53 bits per heavy atom. The van der Waals surface area contributed by atoms with Crippen LogP contribution in [-0.2, 0) is 0 Å². The van der Waals surface area contributed by atoms with Gasteiger partial charge >= 0.3 is 11.0 Å². The number of aromatic carboxylic acids is 1. The zero-order chi connectivity index (χ0) is 14.0. The summed E-state index contributed by atoms with van der Waals surface area (Å²) >= 11 is 3.88. The van der Waals surface area contributed by atoms with E-state index in [1.807, 2.05) is 0 Å². The van der Waals surface area contributed by atoms with Crippen molar-refractivity contribution < 1.29 is 19.6 Å². The van der Waals surface area contributed by atoms with E-state index in [1.54, 1.807) is 6.07 Å². The van der Waals surface area contributed by atoms with Crippen molar-refractivity contribution in [3.05, 3.63) is 44.5 Å². The van der Waals surface area contributed by atoms with Crippen molar-refractivity contribution >= 4 is 38.2 Å². The summed E-state index contributed by atoms with van der Waals surface area (Å²) in [5.74, 6) is -1.10. The summed E-state index contributed by atoms with van der Waals surface area (Å²) in [7, 11) is 0. The minimum Gasteiger partial charge on any atom is -0.478 e. The van der Waals surface area contributed by atoms with E-state index in [2.05, 4.69) is 20.9 Å². The zero-order valence-electron chi connectivity index (χ0n) is 9.07. The molecule has 1 heterocycles. The van der Waals surface area contributed by atoms with Gasteiger partial charge in [-0.15, -0.1) is 0 Å². The standard InChI is InChI=1S/C10H5BrN2O5S/c11-5-1-2-7(6(3-5)9(14)15)18-10-12-4-8(19-10)13(16)17/h1-4H,(H,14,15). The number of ether oxygens (including phenoxy) is 1. The number of carboxylic acid groups (broad SMARTS) is 1. The van der Waals surface area contributed by atoms with Crippen LogP contribution in [0.4, 0.5) is 5.00 Å². The van der Waals surface area contributed by atoms with E-state index in [0.717, 1.165) is 17.5 Å². The molecule has 0 radical (unpaired) electrons. The van der Waals surface area contributed by atoms with Crippen molar-refractivity contribution in [1.29, 1.82) is 0 Å².